The van der Waals surface area contributed by atoms with Crippen LogP contribution in [0.5, 0.6) is 0 Å². The van der Waals surface area contributed by atoms with Crippen LogP contribution < -0.4 is 5.32 Å². The normalized spacial score (nSPS) is 12.5. The van der Waals surface area contributed by atoms with Crippen molar-refractivity contribution in [3.63, 3.8) is 0 Å². The summed E-state index contributed by atoms with van der Waals surface area (Å²) in [7, 11) is 0. The van der Waals surface area contributed by atoms with Crippen LogP contribution in [0.3, 0.4) is 0 Å². The summed E-state index contributed by atoms with van der Waals surface area (Å²) >= 11 is 0. The van der Waals surface area contributed by atoms with E-state index in [1.807, 2.05) is 13.0 Å². The van der Waals surface area contributed by atoms with Crippen molar-refractivity contribution >= 4 is 5.69 Å². The summed E-state index contributed by atoms with van der Waals surface area (Å²) < 4.78 is 12.8. The molecule has 0 amide bonds. The van der Waals surface area contributed by atoms with Crippen molar-refractivity contribution in [1.29, 1.82) is 0 Å². The monoisotopic (exact) mass is 197 g/mol. The number of rotatable bonds is 5. The van der Waals surface area contributed by atoms with Gasteiger partial charge < -0.3 is 10.4 Å². The van der Waals surface area contributed by atoms with Gasteiger partial charge in [-0.15, -0.1) is 0 Å². The number of hydrogen-bond acceptors (Lipinski definition) is 2. The minimum atomic E-state index is -0.232. The van der Waals surface area contributed by atoms with Crippen LogP contribution in [0.2, 0.25) is 0 Å². The molecular weight excluding hydrogens is 181 g/mol. The van der Waals surface area contributed by atoms with Crippen LogP contribution in [0.25, 0.3) is 0 Å². The van der Waals surface area contributed by atoms with E-state index in [1.165, 1.54) is 12.1 Å². The van der Waals surface area contributed by atoms with Gasteiger partial charge >= 0.3 is 0 Å². The van der Waals surface area contributed by atoms with Gasteiger partial charge in [0.15, 0.2) is 0 Å². The third kappa shape index (κ3) is 3.75. The van der Waals surface area contributed by atoms with Crippen molar-refractivity contribution in [2.24, 2.45) is 0 Å². The summed E-state index contributed by atoms with van der Waals surface area (Å²) in [5, 5.41) is 11.8. The molecular formula is C11H16FNO. The first-order valence-corrected chi connectivity index (χ1v) is 4.85. The molecule has 1 rings (SSSR count). The molecule has 0 bridgehead atoms. The molecule has 14 heavy (non-hydrogen) atoms. The zero-order valence-corrected chi connectivity index (χ0v) is 8.33. The second kappa shape index (κ2) is 5.60. The molecule has 0 aromatic heterocycles. The summed E-state index contributed by atoms with van der Waals surface area (Å²) in [5.74, 6) is -0.232. The van der Waals surface area contributed by atoms with E-state index in [1.54, 1.807) is 6.07 Å². The van der Waals surface area contributed by atoms with E-state index >= 15 is 0 Å². The van der Waals surface area contributed by atoms with E-state index in [2.05, 4.69) is 5.32 Å². The lowest BCUT2D eigenvalue weighted by Crippen LogP contribution is -2.15. The topological polar surface area (TPSA) is 32.3 Å². The predicted molar refractivity (Wildman–Crippen MR) is 55.8 cm³/mol. The van der Waals surface area contributed by atoms with Gasteiger partial charge in [-0.2, -0.15) is 0 Å². The fraction of sp³-hybridized carbons (Fsp3) is 0.455. The van der Waals surface area contributed by atoms with E-state index in [0.717, 1.165) is 18.5 Å². The Labute approximate surface area is 83.8 Å². The Kier molecular flexibility index (Phi) is 4.40. The maximum Gasteiger partial charge on any atom is 0.125 e. The lowest BCUT2D eigenvalue weighted by atomic mass is 10.2. The Hall–Kier alpha value is -1.09. The van der Waals surface area contributed by atoms with E-state index in [-0.39, 0.29) is 18.5 Å². The zero-order chi connectivity index (χ0) is 10.4. The van der Waals surface area contributed by atoms with Crippen LogP contribution in [0.15, 0.2) is 24.3 Å². The lowest BCUT2D eigenvalue weighted by Gasteiger charge is -2.14. The molecule has 0 aliphatic rings. The average Bonchev–Trinajstić information content (AvgIpc) is 2.15. The van der Waals surface area contributed by atoms with Gasteiger partial charge in [-0.3, -0.25) is 0 Å². The first-order chi connectivity index (χ1) is 6.72. The number of aliphatic hydroxyl groups is 1. The second-order valence-corrected chi connectivity index (χ2v) is 3.42. The average molecular weight is 197 g/mol. The molecule has 2 nitrogen and oxygen atoms in total. The van der Waals surface area contributed by atoms with Crippen LogP contribution in [0.4, 0.5) is 10.1 Å². The summed E-state index contributed by atoms with van der Waals surface area (Å²) in [6.07, 6.45) is 1.65. The quantitative estimate of drug-likeness (QED) is 0.759. The molecule has 1 atom stereocenters. The van der Waals surface area contributed by atoms with Crippen LogP contribution in [-0.4, -0.2) is 17.8 Å². The van der Waals surface area contributed by atoms with Gasteiger partial charge in [0.2, 0.25) is 0 Å². The summed E-state index contributed by atoms with van der Waals surface area (Å²) in [6, 6.07) is 6.65. The molecule has 1 aromatic carbocycles. The van der Waals surface area contributed by atoms with Gasteiger partial charge in [-0.25, -0.2) is 4.39 Å². The van der Waals surface area contributed by atoms with Crippen molar-refractivity contribution in [3.05, 3.63) is 30.1 Å². The molecule has 2 N–H and O–H groups in total. The third-order valence-electron chi connectivity index (χ3n) is 2.03. The smallest absolute Gasteiger partial charge is 0.125 e. The number of anilines is 1. The van der Waals surface area contributed by atoms with Gasteiger partial charge in [0.05, 0.1) is 0 Å². The number of aliphatic hydroxyl groups excluding tert-OH is 1. The number of nitrogens with one attached hydrogen (secondary N) is 1. The number of benzene rings is 1. The van der Waals surface area contributed by atoms with Gasteiger partial charge in [0.1, 0.15) is 5.82 Å². The minimum absolute atomic E-state index is 0.204. The van der Waals surface area contributed by atoms with E-state index in [0.29, 0.717) is 0 Å². The molecule has 1 aromatic rings. The highest BCUT2D eigenvalue weighted by Crippen LogP contribution is 2.11. The Morgan fingerprint density at radius 1 is 1.50 bits per heavy atom. The highest BCUT2D eigenvalue weighted by atomic mass is 19.1. The number of halogens is 1. The highest BCUT2D eigenvalue weighted by Gasteiger charge is 2.01. The highest BCUT2D eigenvalue weighted by molar-refractivity contribution is 5.43. The van der Waals surface area contributed by atoms with Crippen molar-refractivity contribution in [3.8, 4) is 0 Å². The molecule has 3 heteroatoms. The van der Waals surface area contributed by atoms with Crippen LogP contribution >= 0.6 is 0 Å². The molecule has 0 aliphatic carbocycles. The molecule has 0 spiro atoms. The summed E-state index contributed by atoms with van der Waals surface area (Å²) in [4.78, 5) is 0. The van der Waals surface area contributed by atoms with Crippen LogP contribution in [-0.2, 0) is 0 Å². The molecule has 0 radical (unpaired) electrons. The first kappa shape index (κ1) is 11.0. The summed E-state index contributed by atoms with van der Waals surface area (Å²) in [6.45, 7) is 2.22. The Morgan fingerprint density at radius 2 is 2.29 bits per heavy atom. The molecule has 0 saturated carbocycles. The SMILES string of the molecule is C[C@H](CCCO)Nc1cccc(F)c1. The van der Waals surface area contributed by atoms with Crippen molar-refractivity contribution in [2.45, 2.75) is 25.8 Å². The standard InChI is InChI=1S/C11H16FNO/c1-9(4-3-7-14)13-11-6-2-5-10(12)8-11/h2,5-6,8-9,13-14H,3-4,7H2,1H3/t9-/m1/s1. The predicted octanol–water partition coefficient (Wildman–Crippen LogP) is 2.40. The van der Waals surface area contributed by atoms with Crippen LogP contribution in [0, 0.1) is 5.82 Å². The van der Waals surface area contributed by atoms with E-state index < -0.39 is 0 Å². The third-order valence-corrected chi connectivity index (χ3v) is 2.03. The molecule has 0 unspecified atom stereocenters. The molecule has 0 fully saturated rings. The maximum absolute atomic E-state index is 12.8. The van der Waals surface area contributed by atoms with Crippen molar-refractivity contribution in [1.82, 2.24) is 0 Å². The molecule has 0 saturated heterocycles. The first-order valence-electron chi connectivity index (χ1n) is 4.85. The van der Waals surface area contributed by atoms with Crippen LogP contribution in [0.1, 0.15) is 19.8 Å². The van der Waals surface area contributed by atoms with E-state index in [9.17, 15) is 4.39 Å². The fourth-order valence-corrected chi connectivity index (χ4v) is 1.33. The van der Waals surface area contributed by atoms with E-state index in [4.69, 9.17) is 5.11 Å². The van der Waals surface area contributed by atoms with Gasteiger partial charge in [-0.05, 0) is 38.0 Å². The Morgan fingerprint density at radius 3 is 2.93 bits per heavy atom. The Balaban J connectivity index is 2.43. The minimum Gasteiger partial charge on any atom is -0.396 e. The molecule has 78 valence electrons. The van der Waals surface area contributed by atoms with Gasteiger partial charge in [-0.1, -0.05) is 6.07 Å². The molecule has 0 aliphatic heterocycles. The van der Waals surface area contributed by atoms with Gasteiger partial charge in [0.25, 0.3) is 0 Å². The van der Waals surface area contributed by atoms with Gasteiger partial charge in [0, 0.05) is 18.3 Å². The largest absolute Gasteiger partial charge is 0.396 e. The molecule has 0 heterocycles. The lowest BCUT2D eigenvalue weighted by molar-refractivity contribution is 0.282. The van der Waals surface area contributed by atoms with Crippen molar-refractivity contribution in [2.75, 3.05) is 11.9 Å². The van der Waals surface area contributed by atoms with Crippen molar-refractivity contribution < 1.29 is 9.50 Å². The Bertz CT molecular complexity index is 278. The maximum atomic E-state index is 12.8. The zero-order valence-electron chi connectivity index (χ0n) is 8.33. The summed E-state index contributed by atoms with van der Waals surface area (Å²) in [5.41, 5.74) is 0.787. The fourth-order valence-electron chi connectivity index (χ4n) is 1.33. The second-order valence-electron chi connectivity index (χ2n) is 3.42. The number of hydrogen-bond donors (Lipinski definition) is 2.